The summed E-state index contributed by atoms with van der Waals surface area (Å²) in [7, 11) is 0. The van der Waals surface area contributed by atoms with Gasteiger partial charge in [0.2, 0.25) is 0 Å². The van der Waals surface area contributed by atoms with E-state index in [0.717, 1.165) is 0 Å². The first-order chi connectivity index (χ1) is 13.9. The van der Waals surface area contributed by atoms with E-state index in [-0.39, 0.29) is 12.4 Å². The highest BCUT2D eigenvalue weighted by molar-refractivity contribution is 5.66. The minimum absolute atomic E-state index is 0.267. The highest BCUT2D eigenvalue weighted by Gasteiger charge is 2.30. The Morgan fingerprint density at radius 1 is 1.03 bits per heavy atom. The van der Waals surface area contributed by atoms with Crippen LogP contribution in [0.5, 0.6) is 5.75 Å². The van der Waals surface area contributed by atoms with Crippen molar-refractivity contribution in [1.29, 1.82) is 0 Å². The van der Waals surface area contributed by atoms with Crippen molar-refractivity contribution in [3.8, 4) is 17.1 Å². The van der Waals surface area contributed by atoms with E-state index >= 15 is 0 Å². The van der Waals surface area contributed by atoms with Gasteiger partial charge in [0.1, 0.15) is 22.9 Å². The van der Waals surface area contributed by atoms with Crippen molar-refractivity contribution in [2.45, 2.75) is 13.0 Å². The van der Waals surface area contributed by atoms with Gasteiger partial charge in [-0.05, 0) is 36.4 Å². The van der Waals surface area contributed by atoms with Crippen LogP contribution in [0.15, 0.2) is 61.1 Å². The number of imidazole rings is 1. The molecule has 3 aromatic heterocycles. The lowest BCUT2D eigenvalue weighted by molar-refractivity contribution is -0.274. The zero-order chi connectivity index (χ0) is 20.4. The zero-order valence-electron chi connectivity index (χ0n) is 14.8. The Bertz CT molecular complexity index is 1140. The fourth-order valence-corrected chi connectivity index (χ4v) is 2.85. The van der Waals surface area contributed by atoms with E-state index < -0.39 is 6.36 Å². The van der Waals surface area contributed by atoms with Crippen molar-refractivity contribution >= 4 is 17.2 Å². The van der Waals surface area contributed by atoms with Gasteiger partial charge in [0.15, 0.2) is 0 Å². The molecule has 0 bridgehead atoms. The Hall–Kier alpha value is -3.66. The molecule has 0 radical (unpaired) electrons. The van der Waals surface area contributed by atoms with Crippen LogP contribution in [0.25, 0.3) is 17.0 Å². The summed E-state index contributed by atoms with van der Waals surface area (Å²) in [5.41, 5.74) is 2.71. The minimum atomic E-state index is -4.74. The molecule has 29 heavy (non-hydrogen) atoms. The maximum atomic E-state index is 12.3. The maximum absolute atomic E-state index is 12.3. The molecule has 0 amide bonds. The molecule has 0 fully saturated rings. The molecular weight excluding hydrogens is 387 g/mol. The van der Waals surface area contributed by atoms with Crippen LogP contribution in [0.3, 0.4) is 0 Å². The first kappa shape index (κ1) is 18.7. The van der Waals surface area contributed by atoms with Gasteiger partial charge in [-0.15, -0.1) is 13.2 Å². The third kappa shape index (κ3) is 4.11. The van der Waals surface area contributed by atoms with Crippen LogP contribution in [-0.4, -0.2) is 30.8 Å². The lowest BCUT2D eigenvalue weighted by Crippen LogP contribution is -2.16. The van der Waals surface area contributed by atoms with E-state index in [0.29, 0.717) is 34.2 Å². The Kier molecular flexibility index (Phi) is 4.77. The molecule has 10 heteroatoms. The normalized spacial score (nSPS) is 11.6. The number of rotatable bonds is 5. The summed E-state index contributed by atoms with van der Waals surface area (Å²) in [6.45, 7) is -0.267. The summed E-state index contributed by atoms with van der Waals surface area (Å²) >= 11 is 0. The van der Waals surface area contributed by atoms with Crippen LogP contribution >= 0.6 is 0 Å². The molecule has 148 valence electrons. The second-order valence-corrected chi connectivity index (χ2v) is 5.98. The number of fused-ring (bicyclic) bond motifs is 1. The molecular formula is C19H14F3N5O2. The highest BCUT2D eigenvalue weighted by atomic mass is 19.4. The summed E-state index contributed by atoms with van der Waals surface area (Å²) in [4.78, 5) is 13.0. The maximum Gasteiger partial charge on any atom is 0.573 e. The number of aliphatic hydroxyl groups excluding tert-OH is 1. The Morgan fingerprint density at radius 3 is 2.55 bits per heavy atom. The van der Waals surface area contributed by atoms with Crippen LogP contribution in [-0.2, 0) is 6.61 Å². The molecule has 0 aliphatic rings. The van der Waals surface area contributed by atoms with Gasteiger partial charge in [-0.2, -0.15) is 0 Å². The number of nitrogens with zero attached hydrogens (tertiary/aromatic N) is 4. The number of halogens is 3. The quantitative estimate of drug-likeness (QED) is 0.527. The third-order valence-electron chi connectivity index (χ3n) is 3.99. The number of nitrogens with one attached hydrogen (secondary N) is 1. The van der Waals surface area contributed by atoms with Gasteiger partial charge in [0, 0.05) is 11.9 Å². The summed E-state index contributed by atoms with van der Waals surface area (Å²) in [6, 6.07) is 10.7. The van der Waals surface area contributed by atoms with Crippen LogP contribution in [0.2, 0.25) is 0 Å². The number of hydrogen-bond donors (Lipinski definition) is 2. The van der Waals surface area contributed by atoms with Crippen molar-refractivity contribution in [2.24, 2.45) is 0 Å². The van der Waals surface area contributed by atoms with E-state index in [4.69, 9.17) is 0 Å². The number of pyridine rings is 1. The molecule has 0 unspecified atom stereocenters. The van der Waals surface area contributed by atoms with Gasteiger partial charge < -0.3 is 15.2 Å². The van der Waals surface area contributed by atoms with E-state index in [9.17, 15) is 18.3 Å². The number of aliphatic hydroxyl groups is 1. The largest absolute Gasteiger partial charge is 0.573 e. The molecule has 0 aliphatic heterocycles. The van der Waals surface area contributed by atoms with E-state index in [2.05, 4.69) is 25.0 Å². The number of anilines is 2. The topological polar surface area (TPSA) is 84.6 Å². The molecule has 0 spiro atoms. The minimum Gasteiger partial charge on any atom is -0.406 e. The van der Waals surface area contributed by atoms with Crippen LogP contribution in [0.1, 0.15) is 5.69 Å². The Balaban J connectivity index is 1.62. The Morgan fingerprint density at radius 2 is 1.83 bits per heavy atom. The van der Waals surface area contributed by atoms with Crippen molar-refractivity contribution in [2.75, 3.05) is 5.32 Å². The van der Waals surface area contributed by atoms with Crippen molar-refractivity contribution in [3.05, 3.63) is 66.7 Å². The molecule has 0 atom stereocenters. The predicted octanol–water partition coefficient (Wildman–Crippen LogP) is 3.93. The fraction of sp³-hybridized carbons (Fsp3) is 0.105. The lowest BCUT2D eigenvalue weighted by Gasteiger charge is -2.10. The van der Waals surface area contributed by atoms with Gasteiger partial charge in [-0.3, -0.25) is 9.38 Å². The van der Waals surface area contributed by atoms with Crippen LogP contribution in [0, 0.1) is 0 Å². The molecule has 2 N–H and O–H groups in total. The molecule has 3 heterocycles. The molecule has 4 aromatic rings. The lowest BCUT2D eigenvalue weighted by atomic mass is 10.2. The summed E-state index contributed by atoms with van der Waals surface area (Å²) in [6.07, 6.45) is 0.0811. The summed E-state index contributed by atoms with van der Waals surface area (Å²) in [5, 5.41) is 12.6. The first-order valence-corrected chi connectivity index (χ1v) is 8.45. The van der Waals surface area contributed by atoms with E-state index in [1.165, 1.54) is 30.5 Å². The molecule has 1 aromatic carbocycles. The smallest absolute Gasteiger partial charge is 0.406 e. The molecule has 7 nitrogen and oxygen atoms in total. The number of ether oxygens (including phenoxy) is 1. The van der Waals surface area contributed by atoms with Crippen LogP contribution in [0.4, 0.5) is 24.7 Å². The second kappa shape index (κ2) is 7.40. The predicted molar refractivity (Wildman–Crippen MR) is 98.5 cm³/mol. The number of hydrogen-bond acceptors (Lipinski definition) is 6. The van der Waals surface area contributed by atoms with E-state index in [1.807, 2.05) is 18.2 Å². The second-order valence-electron chi connectivity index (χ2n) is 5.98. The van der Waals surface area contributed by atoms with Crippen molar-refractivity contribution in [1.82, 2.24) is 19.4 Å². The zero-order valence-corrected chi connectivity index (χ0v) is 14.8. The summed E-state index contributed by atoms with van der Waals surface area (Å²) in [5.74, 6) is 0.0583. The van der Waals surface area contributed by atoms with Gasteiger partial charge in [-0.25, -0.2) is 9.97 Å². The highest BCUT2D eigenvalue weighted by Crippen LogP contribution is 2.27. The molecule has 4 rings (SSSR count). The average molecular weight is 401 g/mol. The molecule has 0 saturated heterocycles. The number of benzene rings is 1. The fourth-order valence-electron chi connectivity index (χ4n) is 2.85. The van der Waals surface area contributed by atoms with Gasteiger partial charge >= 0.3 is 6.36 Å². The third-order valence-corrected chi connectivity index (χ3v) is 3.99. The monoisotopic (exact) mass is 401 g/mol. The number of alkyl halides is 3. The standard InChI is InChI=1S/C19H14F3N5O2/c20-19(21,22)29-13-6-4-12(5-7-13)24-16-10-23-9-14(25-16)18-15(11-28)26-17-3-1-2-8-27(17)18/h1-10,28H,11H2,(H,24,25). The molecule has 0 saturated carbocycles. The van der Waals surface area contributed by atoms with Gasteiger partial charge in [-0.1, -0.05) is 6.07 Å². The number of aromatic nitrogens is 4. The summed E-state index contributed by atoms with van der Waals surface area (Å²) < 4.78 is 42.4. The average Bonchev–Trinajstić information content (AvgIpc) is 3.07. The van der Waals surface area contributed by atoms with Crippen LogP contribution < -0.4 is 10.1 Å². The van der Waals surface area contributed by atoms with Gasteiger partial charge in [0.05, 0.1) is 30.4 Å². The SMILES string of the molecule is OCc1nc2ccccn2c1-c1cncc(Nc2ccc(OC(F)(F)F)cc2)n1. The van der Waals surface area contributed by atoms with E-state index in [1.54, 1.807) is 16.8 Å². The van der Waals surface area contributed by atoms with Gasteiger partial charge in [0.25, 0.3) is 0 Å². The Labute approximate surface area is 162 Å². The first-order valence-electron chi connectivity index (χ1n) is 8.45. The van der Waals surface area contributed by atoms with Crippen molar-refractivity contribution in [3.63, 3.8) is 0 Å². The van der Waals surface area contributed by atoms with Crippen molar-refractivity contribution < 1.29 is 23.0 Å². The molecule has 0 aliphatic carbocycles.